The predicted molar refractivity (Wildman–Crippen MR) is 76.1 cm³/mol. The molecule has 1 aliphatic carbocycles. The molecule has 0 radical (unpaired) electrons. The number of benzene rings is 1. The van der Waals surface area contributed by atoms with Gasteiger partial charge in [0, 0.05) is 17.1 Å². The molecule has 0 amide bonds. The molecule has 1 saturated heterocycles. The summed E-state index contributed by atoms with van der Waals surface area (Å²) in [7, 11) is 0. The highest BCUT2D eigenvalue weighted by molar-refractivity contribution is 5.84. The van der Waals surface area contributed by atoms with Crippen LogP contribution in [0.25, 0.3) is 10.9 Å². The molecule has 0 atom stereocenters. The van der Waals surface area contributed by atoms with E-state index in [0.717, 1.165) is 19.8 Å². The number of nitrogens with one attached hydrogen (secondary N) is 1. The highest BCUT2D eigenvalue weighted by Gasteiger charge is 2.59. The number of H-pyrrole nitrogens is 1. The molecule has 3 nitrogen and oxygen atoms in total. The van der Waals surface area contributed by atoms with Crippen molar-refractivity contribution in [1.82, 2.24) is 4.98 Å². The predicted octanol–water partition coefficient (Wildman–Crippen LogP) is 2.56. The summed E-state index contributed by atoms with van der Waals surface area (Å²) in [5.41, 5.74) is 9.18. The van der Waals surface area contributed by atoms with Gasteiger partial charge in [0.2, 0.25) is 0 Å². The van der Waals surface area contributed by atoms with Crippen molar-refractivity contribution in [2.45, 2.75) is 24.7 Å². The monoisotopic (exact) mass is 256 g/mol. The van der Waals surface area contributed by atoms with Crippen LogP contribution in [0.15, 0.2) is 30.5 Å². The van der Waals surface area contributed by atoms with Gasteiger partial charge in [-0.1, -0.05) is 24.6 Å². The molecule has 100 valence electrons. The normalized spacial score (nSPS) is 23.8. The summed E-state index contributed by atoms with van der Waals surface area (Å²) >= 11 is 0. The zero-order valence-corrected chi connectivity index (χ0v) is 11.1. The van der Waals surface area contributed by atoms with E-state index in [2.05, 4.69) is 35.4 Å². The van der Waals surface area contributed by atoms with Crippen LogP contribution in [0.1, 0.15) is 24.8 Å². The van der Waals surface area contributed by atoms with E-state index >= 15 is 0 Å². The topological polar surface area (TPSA) is 51.0 Å². The molecule has 2 aromatic rings. The number of hydrogen-bond acceptors (Lipinski definition) is 2. The third-order valence-electron chi connectivity index (χ3n) is 5.52. The molecule has 1 aromatic carbocycles. The van der Waals surface area contributed by atoms with E-state index < -0.39 is 0 Å². The molecule has 19 heavy (non-hydrogen) atoms. The van der Waals surface area contributed by atoms with E-state index in [1.54, 1.807) is 0 Å². The Morgan fingerprint density at radius 3 is 2.58 bits per heavy atom. The van der Waals surface area contributed by atoms with Crippen molar-refractivity contribution in [2.24, 2.45) is 11.1 Å². The van der Waals surface area contributed by atoms with Crippen molar-refractivity contribution in [2.75, 3.05) is 19.8 Å². The first-order valence-electron chi connectivity index (χ1n) is 7.16. The summed E-state index contributed by atoms with van der Waals surface area (Å²) < 4.78 is 5.63. The third-order valence-corrected chi connectivity index (χ3v) is 5.52. The molecular formula is C16H20N2O. The van der Waals surface area contributed by atoms with Crippen molar-refractivity contribution in [3.8, 4) is 0 Å². The first kappa shape index (κ1) is 11.5. The van der Waals surface area contributed by atoms with E-state index in [4.69, 9.17) is 10.5 Å². The van der Waals surface area contributed by atoms with Gasteiger partial charge in [-0.25, -0.2) is 0 Å². The van der Waals surface area contributed by atoms with Crippen LogP contribution < -0.4 is 5.73 Å². The molecule has 0 spiro atoms. The molecular weight excluding hydrogens is 236 g/mol. The van der Waals surface area contributed by atoms with Crippen LogP contribution >= 0.6 is 0 Å². The van der Waals surface area contributed by atoms with Gasteiger partial charge in [-0.05, 0) is 36.4 Å². The number of rotatable bonds is 3. The van der Waals surface area contributed by atoms with Gasteiger partial charge < -0.3 is 15.5 Å². The molecule has 1 saturated carbocycles. The van der Waals surface area contributed by atoms with Crippen molar-refractivity contribution < 1.29 is 4.74 Å². The van der Waals surface area contributed by atoms with Crippen molar-refractivity contribution in [1.29, 1.82) is 0 Å². The number of para-hydroxylation sites is 1. The molecule has 2 fully saturated rings. The lowest BCUT2D eigenvalue weighted by atomic mass is 9.50. The lowest BCUT2D eigenvalue weighted by Crippen LogP contribution is -2.64. The quantitative estimate of drug-likeness (QED) is 0.886. The second-order valence-corrected chi connectivity index (χ2v) is 6.16. The van der Waals surface area contributed by atoms with Gasteiger partial charge in [0.1, 0.15) is 0 Å². The fourth-order valence-electron chi connectivity index (χ4n) is 4.00. The van der Waals surface area contributed by atoms with Crippen LogP contribution in [0.2, 0.25) is 0 Å². The van der Waals surface area contributed by atoms with Gasteiger partial charge in [-0.2, -0.15) is 0 Å². The lowest BCUT2D eigenvalue weighted by Gasteiger charge is -2.60. The molecule has 4 rings (SSSR count). The van der Waals surface area contributed by atoms with Crippen molar-refractivity contribution >= 4 is 10.9 Å². The Labute approximate surface area is 113 Å². The van der Waals surface area contributed by atoms with Gasteiger partial charge in [0.05, 0.1) is 18.6 Å². The fourth-order valence-corrected chi connectivity index (χ4v) is 4.00. The maximum Gasteiger partial charge on any atom is 0.0592 e. The average Bonchev–Trinajstić information content (AvgIpc) is 2.75. The fraction of sp³-hybridized carbons (Fsp3) is 0.500. The van der Waals surface area contributed by atoms with Crippen molar-refractivity contribution in [3.63, 3.8) is 0 Å². The molecule has 3 N–H and O–H groups in total. The molecule has 1 aromatic heterocycles. The smallest absolute Gasteiger partial charge is 0.0592 e. The minimum absolute atomic E-state index is 0.138. The lowest BCUT2D eigenvalue weighted by molar-refractivity contribution is -0.153. The van der Waals surface area contributed by atoms with Crippen LogP contribution in [0.4, 0.5) is 0 Å². The largest absolute Gasteiger partial charge is 0.379 e. The molecule has 0 bridgehead atoms. The summed E-state index contributed by atoms with van der Waals surface area (Å²) in [4.78, 5) is 3.41. The van der Waals surface area contributed by atoms with E-state index in [1.165, 1.54) is 35.7 Å². The van der Waals surface area contributed by atoms with Gasteiger partial charge in [-0.3, -0.25) is 0 Å². The summed E-state index contributed by atoms with van der Waals surface area (Å²) in [5, 5.41) is 1.34. The third kappa shape index (κ3) is 1.30. The number of aromatic amines is 1. The average molecular weight is 256 g/mol. The van der Waals surface area contributed by atoms with Crippen molar-refractivity contribution in [3.05, 3.63) is 36.0 Å². The molecule has 2 heterocycles. The second-order valence-electron chi connectivity index (χ2n) is 6.16. The van der Waals surface area contributed by atoms with Gasteiger partial charge >= 0.3 is 0 Å². The highest BCUT2D eigenvalue weighted by Crippen LogP contribution is 2.58. The van der Waals surface area contributed by atoms with Crippen LogP contribution in [0, 0.1) is 5.41 Å². The Balaban J connectivity index is 1.89. The summed E-state index contributed by atoms with van der Waals surface area (Å²) in [6.07, 6.45) is 5.98. The number of aromatic nitrogens is 1. The second kappa shape index (κ2) is 3.84. The maximum absolute atomic E-state index is 6.15. The van der Waals surface area contributed by atoms with Crippen LogP contribution in [0.5, 0.6) is 0 Å². The standard InChI is InChI=1S/C16H20N2O/c17-9-15(6-3-7-15)16(10-19-11-16)13-8-18-14-5-2-1-4-12(13)14/h1-2,4-5,8,18H,3,6-7,9-11,17H2. The summed E-state index contributed by atoms with van der Waals surface area (Å²) in [6, 6.07) is 8.55. The Morgan fingerprint density at radius 2 is 2.00 bits per heavy atom. The SMILES string of the molecule is NCC1(C2(c3c[nH]c4ccccc34)COC2)CCC1. The minimum Gasteiger partial charge on any atom is -0.379 e. The number of fused-ring (bicyclic) bond motifs is 1. The molecule has 3 heteroatoms. The first-order valence-corrected chi connectivity index (χ1v) is 7.16. The number of hydrogen-bond donors (Lipinski definition) is 2. The maximum atomic E-state index is 6.15. The molecule has 0 unspecified atom stereocenters. The zero-order chi connectivity index (χ0) is 12.9. The van der Waals surface area contributed by atoms with Gasteiger partial charge in [0.25, 0.3) is 0 Å². The van der Waals surface area contributed by atoms with E-state index in [9.17, 15) is 0 Å². The Hall–Kier alpha value is -1.32. The number of nitrogens with two attached hydrogens (primary N) is 1. The first-order chi connectivity index (χ1) is 9.31. The van der Waals surface area contributed by atoms with E-state index in [1.807, 2.05) is 0 Å². The Kier molecular flexibility index (Phi) is 2.32. The molecule has 2 aliphatic rings. The van der Waals surface area contributed by atoms with Gasteiger partial charge in [-0.15, -0.1) is 0 Å². The minimum atomic E-state index is 0.138. The number of ether oxygens (including phenoxy) is 1. The zero-order valence-electron chi connectivity index (χ0n) is 11.1. The summed E-state index contributed by atoms with van der Waals surface area (Å²) in [5.74, 6) is 0. The van der Waals surface area contributed by atoms with Crippen LogP contribution in [-0.2, 0) is 10.2 Å². The van der Waals surface area contributed by atoms with Crippen LogP contribution in [-0.4, -0.2) is 24.7 Å². The van der Waals surface area contributed by atoms with Crippen LogP contribution in [0.3, 0.4) is 0 Å². The van der Waals surface area contributed by atoms with Gasteiger partial charge in [0.15, 0.2) is 0 Å². The van der Waals surface area contributed by atoms with E-state index in [-0.39, 0.29) is 10.8 Å². The van der Waals surface area contributed by atoms with E-state index in [0.29, 0.717) is 0 Å². The highest BCUT2D eigenvalue weighted by atomic mass is 16.5. The Morgan fingerprint density at radius 1 is 1.21 bits per heavy atom. The molecule has 1 aliphatic heterocycles. The summed E-state index contributed by atoms with van der Waals surface area (Å²) in [6.45, 7) is 2.42. The Bertz CT molecular complexity index is 602.